The maximum atomic E-state index is 13.1. The number of fused-ring (bicyclic) bond motifs is 7. The number of nitrogens with zero attached hydrogens (tertiary/aromatic N) is 5. The Morgan fingerprint density at radius 2 is 1.19 bits per heavy atom. The van der Waals surface area contributed by atoms with E-state index in [1.54, 1.807) is 0 Å². The third-order valence-electron chi connectivity index (χ3n) is 13.1. The fraction of sp³-hybridized carbons (Fsp3) is 0.370. The molecule has 4 aromatic carbocycles. The molecule has 2 spiro atoms. The lowest BCUT2D eigenvalue weighted by Gasteiger charge is -2.38. The van der Waals surface area contributed by atoms with Crippen LogP contribution in [0.1, 0.15) is 61.8 Å². The predicted octanol–water partition coefficient (Wildman–Crippen LogP) is 8.47. The maximum absolute atomic E-state index is 13.1. The van der Waals surface area contributed by atoms with E-state index in [1.165, 1.54) is 22.3 Å². The highest BCUT2D eigenvalue weighted by Gasteiger charge is 2.43. The number of nitrogens with one attached hydrogen (secondary N) is 1. The number of aromatic nitrogens is 4. The Morgan fingerprint density at radius 3 is 1.71 bits per heavy atom. The highest BCUT2D eigenvalue weighted by atomic mass is 79.9. The standard InChI is InChI=1S/C30H26BrN3O3.C15H16BrN3O.CH4/c31-19-9-10-24-26(15-19)32-27-16-30(18-34(27)28(24)35)11-13-33(14-12-30)29(36)37-17-25-22-7-3-1-5-20(22)21-6-2-4-8-23(21)25;16-10-1-2-11-12(7-10)18-13-8-15(3-5-17-6-4-15)9-19(13)14(11)20;/h1-10,15,25H,11-14,16-18H2;1-2,7,17H,3-6,8-9H2;1H4. The molecule has 1 N–H and O–H groups in total. The van der Waals surface area contributed by atoms with E-state index in [2.05, 4.69) is 73.6 Å². The van der Waals surface area contributed by atoms with Crippen LogP contribution in [0.25, 0.3) is 32.9 Å². The molecule has 2 saturated heterocycles. The third kappa shape index (κ3) is 6.80. The quantitative estimate of drug-likeness (QED) is 0.186. The van der Waals surface area contributed by atoms with E-state index >= 15 is 0 Å². The summed E-state index contributed by atoms with van der Waals surface area (Å²) in [6.07, 6.45) is 5.39. The van der Waals surface area contributed by atoms with Crippen molar-refractivity contribution < 1.29 is 9.53 Å². The van der Waals surface area contributed by atoms with Gasteiger partial charge in [-0.05, 0) is 108 Å². The van der Waals surface area contributed by atoms with Crippen molar-refractivity contribution in [3.63, 3.8) is 0 Å². The summed E-state index contributed by atoms with van der Waals surface area (Å²) in [5.74, 6) is 1.87. The molecule has 4 aliphatic heterocycles. The Morgan fingerprint density at radius 1 is 0.707 bits per heavy atom. The van der Waals surface area contributed by atoms with E-state index in [0.29, 0.717) is 31.6 Å². The summed E-state index contributed by atoms with van der Waals surface area (Å²) in [6, 6.07) is 28.1. The van der Waals surface area contributed by atoms with E-state index in [4.69, 9.17) is 14.7 Å². The number of ether oxygens (including phenoxy) is 1. The minimum absolute atomic E-state index is 0. The van der Waals surface area contributed by atoms with Crippen LogP contribution in [0.4, 0.5) is 4.79 Å². The van der Waals surface area contributed by atoms with Crippen LogP contribution in [-0.2, 0) is 30.7 Å². The van der Waals surface area contributed by atoms with Gasteiger partial charge < -0.3 is 15.0 Å². The van der Waals surface area contributed by atoms with Crippen molar-refractivity contribution in [1.82, 2.24) is 29.3 Å². The number of carbonyl (C=O) groups is 1. The lowest BCUT2D eigenvalue weighted by molar-refractivity contribution is 0.0635. The molecular formula is C46H46Br2N6O4. The molecule has 5 aliphatic rings. The summed E-state index contributed by atoms with van der Waals surface area (Å²) in [5, 5.41) is 4.78. The van der Waals surface area contributed by atoms with Crippen molar-refractivity contribution in [2.24, 2.45) is 10.8 Å². The molecule has 1 aliphatic carbocycles. The topological polar surface area (TPSA) is 111 Å². The zero-order chi connectivity index (χ0) is 38.9. The summed E-state index contributed by atoms with van der Waals surface area (Å²) < 4.78 is 11.5. The van der Waals surface area contributed by atoms with E-state index in [9.17, 15) is 14.4 Å². The molecule has 11 rings (SSSR count). The van der Waals surface area contributed by atoms with Gasteiger partial charge in [-0.25, -0.2) is 14.8 Å². The van der Waals surface area contributed by atoms with Crippen molar-refractivity contribution in [2.45, 2.75) is 65.0 Å². The Labute approximate surface area is 353 Å². The van der Waals surface area contributed by atoms with Gasteiger partial charge in [0.1, 0.15) is 18.3 Å². The molecular weight excluding hydrogens is 860 g/mol. The minimum Gasteiger partial charge on any atom is -0.448 e. The number of carbonyl (C=O) groups excluding carboxylic acids is 1. The summed E-state index contributed by atoms with van der Waals surface area (Å²) >= 11 is 6.93. The van der Waals surface area contributed by atoms with E-state index in [-0.39, 0.29) is 41.4 Å². The SMILES string of the molecule is C.O=C(OCC1c2ccccc2-c2ccccc21)N1CCC2(CC1)Cc1nc3cc(Br)ccc3c(=O)n1C2.O=c1c2ccc(Br)cc2nc2n1CC1(CCNCC1)C2. The van der Waals surface area contributed by atoms with Crippen LogP contribution in [0.15, 0.2) is 103 Å². The minimum atomic E-state index is -0.252. The smallest absolute Gasteiger partial charge is 0.409 e. The van der Waals surface area contributed by atoms with Crippen LogP contribution < -0.4 is 16.4 Å². The number of piperidine rings is 2. The fourth-order valence-electron chi connectivity index (χ4n) is 10.0. The Bertz CT molecular complexity index is 2670. The van der Waals surface area contributed by atoms with Crippen LogP contribution in [0.3, 0.4) is 0 Å². The van der Waals surface area contributed by atoms with Gasteiger partial charge in [-0.1, -0.05) is 87.8 Å². The molecule has 2 aromatic heterocycles. The number of hydrogen-bond donors (Lipinski definition) is 1. The lowest BCUT2D eigenvalue weighted by Crippen LogP contribution is -2.44. The molecule has 10 nitrogen and oxygen atoms in total. The second kappa shape index (κ2) is 15.2. The normalized spacial score (nSPS) is 18.3. The monoisotopic (exact) mass is 904 g/mol. The van der Waals surface area contributed by atoms with Gasteiger partial charge in [0.05, 0.1) is 21.8 Å². The van der Waals surface area contributed by atoms with Crippen LogP contribution in [0, 0.1) is 10.8 Å². The fourth-order valence-corrected chi connectivity index (χ4v) is 10.7. The van der Waals surface area contributed by atoms with Crippen molar-refractivity contribution in [1.29, 1.82) is 0 Å². The van der Waals surface area contributed by atoms with E-state index in [1.807, 2.05) is 62.6 Å². The van der Waals surface area contributed by atoms with E-state index in [0.717, 1.165) is 95.2 Å². The van der Waals surface area contributed by atoms with Gasteiger partial charge in [0.15, 0.2) is 0 Å². The van der Waals surface area contributed by atoms with Crippen molar-refractivity contribution in [3.8, 4) is 11.1 Å². The van der Waals surface area contributed by atoms with Crippen LogP contribution in [0.2, 0.25) is 0 Å². The Kier molecular flexibility index (Phi) is 10.2. The maximum Gasteiger partial charge on any atom is 0.409 e. The molecule has 2 fully saturated rings. The number of hydrogen-bond acceptors (Lipinski definition) is 7. The van der Waals surface area contributed by atoms with Gasteiger partial charge in [0, 0.05) is 53.9 Å². The Hall–Kier alpha value is -4.65. The second-order valence-corrected chi connectivity index (χ2v) is 18.4. The van der Waals surface area contributed by atoms with Gasteiger partial charge in [-0.2, -0.15) is 0 Å². The van der Waals surface area contributed by atoms with Crippen molar-refractivity contribution in [2.75, 3.05) is 32.8 Å². The first-order valence-electron chi connectivity index (χ1n) is 19.9. The van der Waals surface area contributed by atoms with Gasteiger partial charge in [-0.3, -0.25) is 18.7 Å². The molecule has 0 radical (unpaired) electrons. The Balaban J connectivity index is 0.000000175. The molecule has 12 heteroatoms. The lowest BCUT2D eigenvalue weighted by atomic mass is 9.77. The number of rotatable bonds is 2. The molecule has 0 unspecified atom stereocenters. The largest absolute Gasteiger partial charge is 0.448 e. The van der Waals surface area contributed by atoms with E-state index < -0.39 is 0 Å². The van der Waals surface area contributed by atoms with Crippen molar-refractivity contribution in [3.05, 3.63) is 137 Å². The van der Waals surface area contributed by atoms with Crippen LogP contribution in [-0.4, -0.2) is 62.9 Å². The highest BCUT2D eigenvalue weighted by molar-refractivity contribution is 9.10. The molecule has 58 heavy (non-hydrogen) atoms. The third-order valence-corrected chi connectivity index (χ3v) is 14.1. The van der Waals surface area contributed by atoms with Gasteiger partial charge in [-0.15, -0.1) is 0 Å². The summed E-state index contributed by atoms with van der Waals surface area (Å²) in [4.78, 5) is 50.2. The number of halogens is 2. The second-order valence-electron chi connectivity index (χ2n) is 16.6. The molecule has 0 atom stereocenters. The molecule has 298 valence electrons. The first kappa shape index (κ1) is 38.8. The zero-order valence-corrected chi connectivity index (χ0v) is 34.6. The van der Waals surface area contributed by atoms with Gasteiger partial charge in [0.2, 0.25) is 0 Å². The van der Waals surface area contributed by atoms with Gasteiger partial charge in [0.25, 0.3) is 11.1 Å². The molecule has 6 aromatic rings. The zero-order valence-electron chi connectivity index (χ0n) is 31.5. The molecule has 1 amide bonds. The number of benzene rings is 4. The number of likely N-dealkylation sites (tertiary alicyclic amines) is 1. The molecule has 6 heterocycles. The predicted molar refractivity (Wildman–Crippen MR) is 234 cm³/mol. The molecule has 0 bridgehead atoms. The summed E-state index contributed by atoms with van der Waals surface area (Å²) in [5.41, 5.74) is 6.79. The average molecular weight is 907 g/mol. The number of amides is 1. The summed E-state index contributed by atoms with van der Waals surface area (Å²) in [6.45, 7) is 5.19. The highest BCUT2D eigenvalue weighted by Crippen LogP contribution is 2.45. The van der Waals surface area contributed by atoms with Crippen LogP contribution in [0.5, 0.6) is 0 Å². The van der Waals surface area contributed by atoms with Crippen molar-refractivity contribution >= 4 is 59.8 Å². The average Bonchev–Trinajstić information content (AvgIpc) is 3.87. The first-order chi connectivity index (χ1) is 27.7. The van der Waals surface area contributed by atoms with Gasteiger partial charge >= 0.3 is 6.09 Å². The first-order valence-corrected chi connectivity index (χ1v) is 21.5. The summed E-state index contributed by atoms with van der Waals surface area (Å²) in [7, 11) is 0. The molecule has 0 saturated carbocycles. The van der Waals surface area contributed by atoms with Crippen LogP contribution >= 0.6 is 31.9 Å².